The first-order chi connectivity index (χ1) is 19.2. The first-order valence-electron chi connectivity index (χ1n) is 13.3. The molecule has 0 radical (unpaired) electrons. The van der Waals surface area contributed by atoms with Crippen LogP contribution in [0.2, 0.25) is 0 Å². The van der Waals surface area contributed by atoms with Crippen LogP contribution in [-0.4, -0.2) is 83.9 Å². The molecular formula is C29H24N2O9. The number of amides is 4. The van der Waals surface area contributed by atoms with Crippen LogP contribution in [0, 0.1) is 35.5 Å². The third-order valence-corrected chi connectivity index (χ3v) is 10.4. The summed E-state index contributed by atoms with van der Waals surface area (Å²) in [6.45, 7) is -0.265. The van der Waals surface area contributed by atoms with Crippen molar-refractivity contribution >= 4 is 46.3 Å². The topological polar surface area (TPSA) is 140 Å². The molecule has 2 saturated heterocycles. The Labute approximate surface area is 227 Å². The van der Waals surface area contributed by atoms with Crippen molar-refractivity contribution in [2.45, 2.75) is 17.6 Å². The number of esters is 2. The summed E-state index contributed by atoms with van der Waals surface area (Å²) in [5, 5.41) is 1.39. The number of nitrogens with zero attached hydrogens (tertiary/aromatic N) is 2. The number of carbonyl (C=O) groups excluding carboxylic acids is 6. The molecule has 2 aromatic carbocycles. The van der Waals surface area contributed by atoms with Gasteiger partial charge in [-0.3, -0.25) is 29.0 Å². The molecule has 204 valence electrons. The SMILES string of the molecule is COC(=O)[C@]12O[C@@]1(C(=O)OC)[C@@H]1[C@@H]3C[C@@H]([C@@H]4C(=O)N(CCN5C(=O)c6cccc7cccc(c67)C5=O)C(=O)[C@H]34)[C@@H]12. The van der Waals surface area contributed by atoms with E-state index in [1.54, 1.807) is 24.3 Å². The van der Waals surface area contributed by atoms with Gasteiger partial charge in [-0.25, -0.2) is 9.59 Å². The van der Waals surface area contributed by atoms with E-state index < -0.39 is 58.6 Å². The van der Waals surface area contributed by atoms with Gasteiger partial charge in [0.2, 0.25) is 23.0 Å². The van der Waals surface area contributed by atoms with Crippen molar-refractivity contribution in [1.29, 1.82) is 0 Å². The van der Waals surface area contributed by atoms with Gasteiger partial charge in [-0.15, -0.1) is 0 Å². The number of carbonyl (C=O) groups is 6. The third-order valence-electron chi connectivity index (χ3n) is 10.4. The second kappa shape index (κ2) is 7.34. The predicted molar refractivity (Wildman–Crippen MR) is 132 cm³/mol. The van der Waals surface area contributed by atoms with Crippen LogP contribution in [0.1, 0.15) is 27.1 Å². The second-order valence-corrected chi connectivity index (χ2v) is 11.5. The third kappa shape index (κ3) is 2.31. The summed E-state index contributed by atoms with van der Waals surface area (Å²) in [5.41, 5.74) is -2.17. The maximum atomic E-state index is 13.7. The van der Waals surface area contributed by atoms with Gasteiger partial charge >= 0.3 is 11.9 Å². The minimum Gasteiger partial charge on any atom is -0.467 e. The molecule has 11 nitrogen and oxygen atoms in total. The van der Waals surface area contributed by atoms with Crippen LogP contribution in [0.4, 0.5) is 0 Å². The van der Waals surface area contributed by atoms with E-state index in [2.05, 4.69) is 0 Å². The molecule has 3 heterocycles. The van der Waals surface area contributed by atoms with Crippen molar-refractivity contribution in [3.8, 4) is 0 Å². The second-order valence-electron chi connectivity index (χ2n) is 11.5. The summed E-state index contributed by atoms with van der Waals surface area (Å²) in [4.78, 5) is 81.8. The van der Waals surface area contributed by atoms with Crippen molar-refractivity contribution < 1.29 is 43.0 Å². The lowest BCUT2D eigenvalue weighted by molar-refractivity contribution is -0.168. The van der Waals surface area contributed by atoms with Crippen LogP contribution in [0.25, 0.3) is 10.8 Å². The summed E-state index contributed by atoms with van der Waals surface area (Å²) < 4.78 is 15.8. The van der Waals surface area contributed by atoms with Crippen LogP contribution >= 0.6 is 0 Å². The average molecular weight is 545 g/mol. The van der Waals surface area contributed by atoms with Gasteiger partial charge in [-0.1, -0.05) is 24.3 Å². The molecule has 3 saturated carbocycles. The Morgan fingerprint density at radius 2 is 1.27 bits per heavy atom. The maximum Gasteiger partial charge on any atom is 0.342 e. The standard InChI is InChI=1S/C29H24N2O9/c1-38-26(36)28-20-15-11-16(21(20)29(28,40-28)27(37)39-2)19-18(15)24(34)31(25(19)35)10-9-30-22(32)13-7-3-5-12-6-4-8-14(17(12)13)23(30)33/h3-8,15-16,18-21H,9-11H2,1-2H3/t15-,16+,18-,19+,20-,21+,28-,29+. The van der Waals surface area contributed by atoms with Crippen LogP contribution in [0.15, 0.2) is 36.4 Å². The number of hydrogen-bond acceptors (Lipinski definition) is 9. The lowest BCUT2D eigenvalue weighted by Gasteiger charge is -2.47. The average Bonchev–Trinajstić information content (AvgIpc) is 3.19. The molecular weight excluding hydrogens is 520 g/mol. The molecule has 2 aromatic rings. The number of rotatable bonds is 5. The van der Waals surface area contributed by atoms with E-state index in [0.29, 0.717) is 22.9 Å². The van der Waals surface area contributed by atoms with Crippen LogP contribution in [0.5, 0.6) is 0 Å². The minimum absolute atomic E-state index is 0.129. The van der Waals surface area contributed by atoms with Crippen molar-refractivity contribution in [1.82, 2.24) is 9.80 Å². The fourth-order valence-electron chi connectivity index (χ4n) is 9.09. The lowest BCUT2D eigenvalue weighted by atomic mass is 9.48. The smallest absolute Gasteiger partial charge is 0.342 e. The van der Waals surface area contributed by atoms with Crippen molar-refractivity contribution in [3.05, 3.63) is 47.5 Å². The highest BCUT2D eigenvalue weighted by Crippen LogP contribution is 2.83. The molecule has 6 aliphatic rings. The van der Waals surface area contributed by atoms with Gasteiger partial charge in [0.05, 0.1) is 26.1 Å². The Balaban J connectivity index is 1.06. The van der Waals surface area contributed by atoms with Gasteiger partial charge < -0.3 is 14.2 Å². The number of benzene rings is 2. The number of likely N-dealkylation sites (tertiary alicyclic amines) is 1. The fourth-order valence-corrected chi connectivity index (χ4v) is 9.09. The van der Waals surface area contributed by atoms with Crippen molar-refractivity contribution in [3.63, 3.8) is 0 Å². The molecule has 0 aromatic heterocycles. The Bertz CT molecular complexity index is 1530. The van der Waals surface area contributed by atoms with Gasteiger partial charge in [-0.2, -0.15) is 0 Å². The largest absolute Gasteiger partial charge is 0.467 e. The molecule has 3 aliphatic carbocycles. The zero-order valence-electron chi connectivity index (χ0n) is 21.6. The van der Waals surface area contributed by atoms with Crippen molar-refractivity contribution in [2.75, 3.05) is 27.3 Å². The van der Waals surface area contributed by atoms with Gasteiger partial charge in [0.15, 0.2) is 0 Å². The normalized spacial score (nSPS) is 37.8. The van der Waals surface area contributed by atoms with Gasteiger partial charge in [0, 0.05) is 41.4 Å². The van der Waals surface area contributed by atoms with E-state index in [9.17, 15) is 28.8 Å². The van der Waals surface area contributed by atoms with Crippen molar-refractivity contribution in [2.24, 2.45) is 35.5 Å². The number of epoxide rings is 1. The molecule has 0 N–H and O–H groups in total. The maximum absolute atomic E-state index is 13.7. The van der Waals surface area contributed by atoms with E-state index >= 15 is 0 Å². The monoisotopic (exact) mass is 544 g/mol. The predicted octanol–water partition coefficient (Wildman–Crippen LogP) is 0.787. The Morgan fingerprint density at radius 1 is 0.800 bits per heavy atom. The molecule has 0 unspecified atom stereocenters. The Hall–Kier alpha value is -4.12. The Morgan fingerprint density at radius 3 is 1.75 bits per heavy atom. The first kappa shape index (κ1) is 23.7. The number of fused-ring (bicyclic) bond motifs is 11. The van der Waals surface area contributed by atoms with Crippen LogP contribution in [0.3, 0.4) is 0 Å². The Kier molecular flexibility index (Phi) is 4.35. The van der Waals surface area contributed by atoms with Crippen LogP contribution < -0.4 is 0 Å². The summed E-state index contributed by atoms with van der Waals surface area (Å²) in [7, 11) is 2.44. The van der Waals surface area contributed by atoms with Crippen LogP contribution in [-0.2, 0) is 33.4 Å². The van der Waals surface area contributed by atoms with Gasteiger partial charge in [0.1, 0.15) is 0 Å². The van der Waals surface area contributed by atoms with E-state index in [1.807, 2.05) is 12.1 Å². The molecule has 0 spiro atoms. The molecule has 8 rings (SSSR count). The number of hydrogen-bond donors (Lipinski definition) is 0. The summed E-state index contributed by atoms with van der Waals surface area (Å²) in [6.07, 6.45) is 0.528. The summed E-state index contributed by atoms with van der Waals surface area (Å²) >= 11 is 0. The highest BCUT2D eigenvalue weighted by molar-refractivity contribution is 6.25. The van der Waals surface area contributed by atoms with E-state index in [4.69, 9.17) is 14.2 Å². The molecule has 5 fully saturated rings. The van der Waals surface area contributed by atoms with E-state index in [1.165, 1.54) is 14.2 Å². The highest BCUT2D eigenvalue weighted by Gasteiger charge is 3.00. The summed E-state index contributed by atoms with van der Waals surface area (Å²) in [6, 6.07) is 10.5. The molecule has 11 heteroatoms. The zero-order chi connectivity index (χ0) is 27.9. The summed E-state index contributed by atoms with van der Waals surface area (Å²) in [5.74, 6) is -5.85. The molecule has 40 heavy (non-hydrogen) atoms. The van der Waals surface area contributed by atoms with Gasteiger partial charge in [0.25, 0.3) is 11.8 Å². The zero-order valence-corrected chi connectivity index (χ0v) is 21.6. The molecule has 3 aliphatic heterocycles. The van der Waals surface area contributed by atoms with E-state index in [-0.39, 0.29) is 36.7 Å². The highest BCUT2D eigenvalue weighted by atomic mass is 16.7. The number of methoxy groups -OCH3 is 2. The van der Waals surface area contributed by atoms with E-state index in [0.717, 1.165) is 15.2 Å². The lowest BCUT2D eigenvalue weighted by Crippen LogP contribution is -2.67. The minimum atomic E-state index is -1.48. The quantitative estimate of drug-likeness (QED) is 0.231. The number of imide groups is 2. The first-order valence-corrected chi connectivity index (χ1v) is 13.3. The fraction of sp³-hybridized carbons (Fsp3) is 0.448. The van der Waals surface area contributed by atoms with Gasteiger partial charge in [-0.05, 0) is 35.8 Å². The molecule has 4 amide bonds. The molecule has 8 atom stereocenters. The molecule has 2 bridgehead atoms. The number of ether oxygens (including phenoxy) is 3.